The predicted octanol–water partition coefficient (Wildman–Crippen LogP) is 1.68. The second-order valence-electron chi connectivity index (χ2n) is 4.20. The number of aliphatic hydroxyl groups excluding tert-OH is 2. The van der Waals surface area contributed by atoms with Gasteiger partial charge in [0.25, 0.3) is 0 Å². The summed E-state index contributed by atoms with van der Waals surface area (Å²) in [7, 11) is 1.99. The summed E-state index contributed by atoms with van der Waals surface area (Å²) in [5.74, 6) is 0. The summed E-state index contributed by atoms with van der Waals surface area (Å²) in [6, 6.07) is 0. The average molecular weight is 217 g/mol. The molecule has 92 valence electrons. The van der Waals surface area contributed by atoms with Crippen LogP contribution in [0.3, 0.4) is 0 Å². The normalized spacial score (nSPS) is 13.0. The third kappa shape index (κ3) is 11.8. The quantitative estimate of drug-likeness (QED) is 0.462. The fraction of sp³-hybridized carbons (Fsp3) is 1.00. The molecule has 3 N–H and O–H groups in total. The zero-order valence-corrected chi connectivity index (χ0v) is 10.0. The highest BCUT2D eigenvalue weighted by atomic mass is 16.3. The van der Waals surface area contributed by atoms with Crippen LogP contribution in [0.15, 0.2) is 0 Å². The molecule has 0 heterocycles. The SMILES string of the molecule is CNCCCCCCCCCC(O)CO. The largest absolute Gasteiger partial charge is 0.394 e. The molecule has 0 aliphatic rings. The van der Waals surface area contributed by atoms with Crippen LogP contribution >= 0.6 is 0 Å². The Hall–Kier alpha value is -0.120. The smallest absolute Gasteiger partial charge is 0.0770 e. The van der Waals surface area contributed by atoms with Gasteiger partial charge in [-0.2, -0.15) is 0 Å². The van der Waals surface area contributed by atoms with E-state index in [1.165, 1.54) is 38.5 Å². The fourth-order valence-electron chi connectivity index (χ4n) is 1.66. The Labute approximate surface area is 93.9 Å². The van der Waals surface area contributed by atoms with E-state index in [-0.39, 0.29) is 6.61 Å². The third-order valence-corrected chi connectivity index (χ3v) is 2.67. The van der Waals surface area contributed by atoms with Gasteiger partial charge in [-0.25, -0.2) is 0 Å². The Morgan fingerprint density at radius 3 is 2.00 bits per heavy atom. The molecule has 3 nitrogen and oxygen atoms in total. The first-order chi connectivity index (χ1) is 7.31. The molecule has 0 aromatic rings. The molecule has 3 heteroatoms. The standard InChI is InChI=1S/C12H27NO2/c1-13-10-8-6-4-2-3-5-7-9-12(15)11-14/h12-15H,2-11H2,1H3. The molecule has 0 amide bonds. The van der Waals surface area contributed by atoms with Gasteiger partial charge in [0.2, 0.25) is 0 Å². The van der Waals surface area contributed by atoms with Crippen molar-refractivity contribution in [2.24, 2.45) is 0 Å². The lowest BCUT2D eigenvalue weighted by Crippen LogP contribution is -2.10. The molecular formula is C12H27NO2. The van der Waals surface area contributed by atoms with Gasteiger partial charge in [0.05, 0.1) is 12.7 Å². The van der Waals surface area contributed by atoms with E-state index in [0.29, 0.717) is 0 Å². The van der Waals surface area contributed by atoms with Crippen LogP contribution in [0.2, 0.25) is 0 Å². The fourth-order valence-corrected chi connectivity index (χ4v) is 1.66. The van der Waals surface area contributed by atoms with Crippen LogP contribution in [-0.4, -0.2) is 36.5 Å². The maximum Gasteiger partial charge on any atom is 0.0770 e. The summed E-state index contributed by atoms with van der Waals surface area (Å²) in [6.07, 6.45) is 8.96. The van der Waals surface area contributed by atoms with E-state index in [1.54, 1.807) is 0 Å². The first kappa shape index (κ1) is 14.9. The van der Waals surface area contributed by atoms with Crippen molar-refractivity contribution in [3.8, 4) is 0 Å². The van der Waals surface area contributed by atoms with Crippen molar-refractivity contribution in [2.75, 3.05) is 20.2 Å². The molecule has 0 saturated carbocycles. The van der Waals surface area contributed by atoms with E-state index >= 15 is 0 Å². The van der Waals surface area contributed by atoms with Crippen molar-refractivity contribution in [3.63, 3.8) is 0 Å². The minimum atomic E-state index is -0.499. The van der Waals surface area contributed by atoms with E-state index in [9.17, 15) is 0 Å². The molecule has 0 aliphatic carbocycles. The van der Waals surface area contributed by atoms with Crippen molar-refractivity contribution in [1.29, 1.82) is 0 Å². The second-order valence-corrected chi connectivity index (χ2v) is 4.20. The lowest BCUT2D eigenvalue weighted by atomic mass is 10.1. The molecule has 0 rings (SSSR count). The van der Waals surface area contributed by atoms with Crippen LogP contribution in [0.1, 0.15) is 51.4 Å². The minimum Gasteiger partial charge on any atom is -0.394 e. The van der Waals surface area contributed by atoms with E-state index in [2.05, 4.69) is 5.32 Å². The molecule has 0 saturated heterocycles. The number of hydrogen-bond donors (Lipinski definition) is 3. The van der Waals surface area contributed by atoms with Crippen LogP contribution in [0.4, 0.5) is 0 Å². The van der Waals surface area contributed by atoms with Crippen molar-refractivity contribution in [3.05, 3.63) is 0 Å². The summed E-state index contributed by atoms with van der Waals surface area (Å²) >= 11 is 0. The molecule has 15 heavy (non-hydrogen) atoms. The molecule has 1 unspecified atom stereocenters. The topological polar surface area (TPSA) is 52.5 Å². The molecule has 0 spiro atoms. The van der Waals surface area contributed by atoms with Gasteiger partial charge in [0.1, 0.15) is 0 Å². The first-order valence-corrected chi connectivity index (χ1v) is 6.24. The van der Waals surface area contributed by atoms with Crippen LogP contribution in [0, 0.1) is 0 Å². The molecular weight excluding hydrogens is 190 g/mol. The first-order valence-electron chi connectivity index (χ1n) is 6.24. The maximum absolute atomic E-state index is 9.10. The van der Waals surface area contributed by atoms with Crippen molar-refractivity contribution in [2.45, 2.75) is 57.5 Å². The zero-order chi connectivity index (χ0) is 11.4. The van der Waals surface area contributed by atoms with Crippen molar-refractivity contribution >= 4 is 0 Å². The third-order valence-electron chi connectivity index (χ3n) is 2.67. The summed E-state index contributed by atoms with van der Waals surface area (Å²) in [6.45, 7) is 1.03. The van der Waals surface area contributed by atoms with E-state index in [4.69, 9.17) is 10.2 Å². The Bertz CT molecular complexity index is 120. The minimum absolute atomic E-state index is 0.0932. The Balaban J connectivity index is 2.92. The molecule has 0 aliphatic heterocycles. The van der Waals surface area contributed by atoms with Crippen molar-refractivity contribution < 1.29 is 10.2 Å². The van der Waals surface area contributed by atoms with E-state index in [1.807, 2.05) is 7.05 Å². The van der Waals surface area contributed by atoms with Crippen LogP contribution in [-0.2, 0) is 0 Å². The van der Waals surface area contributed by atoms with Gasteiger partial charge in [0.15, 0.2) is 0 Å². The summed E-state index contributed by atoms with van der Waals surface area (Å²) in [5.41, 5.74) is 0. The van der Waals surface area contributed by atoms with Gasteiger partial charge in [-0.3, -0.25) is 0 Å². The lowest BCUT2D eigenvalue weighted by molar-refractivity contribution is 0.0860. The van der Waals surface area contributed by atoms with E-state index < -0.39 is 6.10 Å². The summed E-state index contributed by atoms with van der Waals surface area (Å²) in [5, 5.41) is 20.8. The Morgan fingerprint density at radius 1 is 0.933 bits per heavy atom. The molecule has 0 aromatic carbocycles. The van der Waals surface area contributed by atoms with Gasteiger partial charge in [0, 0.05) is 0 Å². The van der Waals surface area contributed by atoms with Gasteiger partial charge in [-0.15, -0.1) is 0 Å². The zero-order valence-electron chi connectivity index (χ0n) is 10.0. The molecule has 0 aromatic heterocycles. The molecule has 0 radical (unpaired) electrons. The average Bonchev–Trinajstić information content (AvgIpc) is 2.26. The number of unbranched alkanes of at least 4 members (excludes halogenated alkanes) is 6. The van der Waals surface area contributed by atoms with Gasteiger partial charge >= 0.3 is 0 Å². The number of rotatable bonds is 11. The Kier molecular flexibility index (Phi) is 11.9. The lowest BCUT2D eigenvalue weighted by Gasteiger charge is -2.06. The second kappa shape index (κ2) is 12.0. The van der Waals surface area contributed by atoms with Gasteiger partial charge < -0.3 is 15.5 Å². The highest BCUT2D eigenvalue weighted by molar-refractivity contribution is 4.53. The van der Waals surface area contributed by atoms with Gasteiger partial charge in [-0.05, 0) is 26.4 Å². The number of aliphatic hydroxyl groups is 2. The van der Waals surface area contributed by atoms with Gasteiger partial charge in [-0.1, -0.05) is 38.5 Å². The van der Waals surface area contributed by atoms with Crippen LogP contribution in [0.5, 0.6) is 0 Å². The Morgan fingerprint density at radius 2 is 1.47 bits per heavy atom. The maximum atomic E-state index is 9.10. The highest BCUT2D eigenvalue weighted by Crippen LogP contribution is 2.09. The highest BCUT2D eigenvalue weighted by Gasteiger charge is 2.00. The monoisotopic (exact) mass is 217 g/mol. The molecule has 1 atom stereocenters. The molecule has 0 fully saturated rings. The van der Waals surface area contributed by atoms with Crippen LogP contribution < -0.4 is 5.32 Å². The van der Waals surface area contributed by atoms with Crippen molar-refractivity contribution in [1.82, 2.24) is 5.32 Å². The predicted molar refractivity (Wildman–Crippen MR) is 64.0 cm³/mol. The summed E-state index contributed by atoms with van der Waals surface area (Å²) < 4.78 is 0. The summed E-state index contributed by atoms with van der Waals surface area (Å²) in [4.78, 5) is 0. The molecule has 0 bridgehead atoms. The number of nitrogens with one attached hydrogen (secondary N) is 1. The van der Waals surface area contributed by atoms with Crippen LogP contribution in [0.25, 0.3) is 0 Å². The number of hydrogen-bond acceptors (Lipinski definition) is 3. The van der Waals surface area contributed by atoms with E-state index in [0.717, 1.165) is 19.4 Å².